The second-order valence-electron chi connectivity index (χ2n) is 6.72. The molecule has 142 valence electrons. The molecule has 7 heteroatoms. The molecular formula is C20H24N4O3. The van der Waals surface area contributed by atoms with Crippen LogP contribution in [0.3, 0.4) is 0 Å². The summed E-state index contributed by atoms with van der Waals surface area (Å²) in [5.74, 6) is 0.864. The van der Waals surface area contributed by atoms with Crippen molar-refractivity contribution in [1.82, 2.24) is 10.0 Å². The van der Waals surface area contributed by atoms with Crippen molar-refractivity contribution in [3.05, 3.63) is 46.4 Å². The average molecular weight is 368 g/mol. The third-order valence-electron chi connectivity index (χ3n) is 5.03. The van der Waals surface area contributed by atoms with E-state index in [2.05, 4.69) is 6.07 Å². The van der Waals surface area contributed by atoms with E-state index in [9.17, 15) is 10.1 Å². The van der Waals surface area contributed by atoms with E-state index in [1.807, 2.05) is 26.2 Å². The molecule has 0 aromatic heterocycles. The molecule has 1 aromatic rings. The molecule has 1 aliphatic carbocycles. The highest BCUT2D eigenvalue weighted by atomic mass is 16.5. The number of nitrogens with two attached hydrogens (primary N) is 1. The van der Waals surface area contributed by atoms with Crippen molar-refractivity contribution in [2.45, 2.75) is 25.2 Å². The highest BCUT2D eigenvalue weighted by Crippen LogP contribution is 2.48. The SMILES string of the molecule is COc1cccc([C@H]2C(C#N)=C(N)N(N(C)C)C3=C2C(=O)CCC3)c1OC. The monoisotopic (exact) mass is 368 g/mol. The summed E-state index contributed by atoms with van der Waals surface area (Å²) in [5.41, 5.74) is 8.91. The quantitative estimate of drug-likeness (QED) is 0.871. The van der Waals surface area contributed by atoms with Crippen molar-refractivity contribution in [1.29, 1.82) is 5.26 Å². The number of para-hydroxylation sites is 1. The predicted octanol–water partition coefficient (Wildman–Crippen LogP) is 2.28. The summed E-state index contributed by atoms with van der Waals surface area (Å²) < 4.78 is 11.0. The first-order chi connectivity index (χ1) is 13.0. The number of carbonyl (C=O) groups excluding carboxylic acids is 1. The van der Waals surface area contributed by atoms with E-state index in [-0.39, 0.29) is 5.78 Å². The molecule has 7 nitrogen and oxygen atoms in total. The number of hydrazine groups is 1. The van der Waals surface area contributed by atoms with Gasteiger partial charge in [-0.1, -0.05) is 12.1 Å². The largest absolute Gasteiger partial charge is 0.493 e. The molecule has 1 atom stereocenters. The standard InChI is InChI=1S/C20H24N4O3/c1-23(2)24-14-8-6-9-15(25)18(14)17(13(11-21)20(24)22)12-7-5-10-16(26-3)19(12)27-4/h5,7,10,17H,6,8-9,22H2,1-4H3/t17-/m0/s1. The fourth-order valence-corrected chi connectivity index (χ4v) is 3.98. The van der Waals surface area contributed by atoms with E-state index in [0.29, 0.717) is 40.5 Å². The maximum Gasteiger partial charge on any atom is 0.164 e. The molecule has 0 amide bonds. The van der Waals surface area contributed by atoms with Gasteiger partial charge in [-0.15, -0.1) is 0 Å². The topological polar surface area (TPSA) is 91.8 Å². The Kier molecular flexibility index (Phi) is 5.10. The van der Waals surface area contributed by atoms with Crippen molar-refractivity contribution in [3.63, 3.8) is 0 Å². The first-order valence-corrected chi connectivity index (χ1v) is 8.80. The summed E-state index contributed by atoms with van der Waals surface area (Å²) in [6.07, 6.45) is 1.95. The molecule has 0 saturated heterocycles. The fourth-order valence-electron chi connectivity index (χ4n) is 3.98. The van der Waals surface area contributed by atoms with Gasteiger partial charge in [-0.25, -0.2) is 5.01 Å². The Labute approximate surface area is 159 Å². The third-order valence-corrected chi connectivity index (χ3v) is 5.03. The lowest BCUT2D eigenvalue weighted by atomic mass is 9.75. The molecule has 0 spiro atoms. The predicted molar refractivity (Wildman–Crippen MR) is 101 cm³/mol. The number of carbonyl (C=O) groups is 1. The van der Waals surface area contributed by atoms with E-state index >= 15 is 0 Å². The maximum atomic E-state index is 13.0. The van der Waals surface area contributed by atoms with E-state index in [0.717, 1.165) is 18.5 Å². The first-order valence-electron chi connectivity index (χ1n) is 8.80. The second kappa shape index (κ2) is 7.33. The van der Waals surface area contributed by atoms with Gasteiger partial charge in [-0.2, -0.15) is 5.26 Å². The molecule has 0 unspecified atom stereocenters. The number of Topliss-reactive ketones (excluding diaryl/α,β-unsaturated/α-hetero) is 1. The number of hydrogen-bond acceptors (Lipinski definition) is 7. The summed E-state index contributed by atoms with van der Waals surface area (Å²) in [6, 6.07) is 7.70. The summed E-state index contributed by atoms with van der Waals surface area (Å²) in [7, 11) is 6.80. The number of allylic oxidation sites excluding steroid dienone is 3. The highest BCUT2D eigenvalue weighted by Gasteiger charge is 2.41. The molecule has 0 saturated carbocycles. The second-order valence-corrected chi connectivity index (χ2v) is 6.72. The Morgan fingerprint density at radius 2 is 2.00 bits per heavy atom. The summed E-state index contributed by atoms with van der Waals surface area (Å²) in [4.78, 5) is 13.0. The van der Waals surface area contributed by atoms with E-state index in [1.54, 1.807) is 30.3 Å². The molecule has 2 N–H and O–H groups in total. The zero-order valence-electron chi connectivity index (χ0n) is 16.1. The van der Waals surface area contributed by atoms with Crippen molar-refractivity contribution in [2.75, 3.05) is 28.3 Å². The number of hydrogen-bond donors (Lipinski definition) is 1. The van der Waals surface area contributed by atoms with Gasteiger partial charge < -0.3 is 15.2 Å². The average Bonchev–Trinajstić information content (AvgIpc) is 2.66. The van der Waals surface area contributed by atoms with Gasteiger partial charge in [0.2, 0.25) is 0 Å². The molecular weight excluding hydrogens is 344 g/mol. The van der Waals surface area contributed by atoms with Crippen LogP contribution < -0.4 is 15.2 Å². The van der Waals surface area contributed by atoms with Gasteiger partial charge in [0.05, 0.1) is 31.8 Å². The molecule has 2 aliphatic rings. The van der Waals surface area contributed by atoms with E-state index in [1.165, 1.54) is 0 Å². The molecule has 1 aromatic carbocycles. The van der Waals surface area contributed by atoms with Crippen LogP contribution in [-0.2, 0) is 4.79 Å². The Hall–Kier alpha value is -2.98. The zero-order chi connectivity index (χ0) is 19.7. The van der Waals surface area contributed by atoms with Gasteiger partial charge in [-0.05, 0) is 18.9 Å². The minimum Gasteiger partial charge on any atom is -0.493 e. The normalized spacial score (nSPS) is 19.9. The van der Waals surface area contributed by atoms with E-state index < -0.39 is 5.92 Å². The van der Waals surface area contributed by atoms with Gasteiger partial charge in [0.1, 0.15) is 5.82 Å². The van der Waals surface area contributed by atoms with Crippen LogP contribution in [0.1, 0.15) is 30.7 Å². The Morgan fingerprint density at radius 3 is 2.59 bits per heavy atom. The van der Waals surface area contributed by atoms with Crippen LogP contribution >= 0.6 is 0 Å². The lowest BCUT2D eigenvalue weighted by molar-refractivity contribution is -0.116. The molecule has 27 heavy (non-hydrogen) atoms. The fraction of sp³-hybridized carbons (Fsp3) is 0.400. The lowest BCUT2D eigenvalue weighted by Gasteiger charge is -2.42. The van der Waals surface area contributed by atoms with Crippen molar-refractivity contribution < 1.29 is 14.3 Å². The number of benzene rings is 1. The summed E-state index contributed by atoms with van der Waals surface area (Å²) in [6.45, 7) is 0. The van der Waals surface area contributed by atoms with Crippen LogP contribution in [0.15, 0.2) is 40.9 Å². The molecule has 1 heterocycles. The van der Waals surface area contributed by atoms with Gasteiger partial charge in [0.25, 0.3) is 0 Å². The van der Waals surface area contributed by atoms with Gasteiger partial charge in [-0.3, -0.25) is 9.80 Å². The minimum atomic E-state index is -0.570. The third kappa shape index (κ3) is 2.92. The van der Waals surface area contributed by atoms with Crippen LogP contribution in [0, 0.1) is 11.3 Å². The molecule has 1 aliphatic heterocycles. The minimum absolute atomic E-state index is 0.0400. The van der Waals surface area contributed by atoms with E-state index in [4.69, 9.17) is 15.2 Å². The summed E-state index contributed by atoms with van der Waals surface area (Å²) >= 11 is 0. The zero-order valence-corrected chi connectivity index (χ0v) is 16.1. The molecule has 0 bridgehead atoms. The van der Waals surface area contributed by atoms with Crippen LogP contribution in [0.2, 0.25) is 0 Å². The summed E-state index contributed by atoms with van der Waals surface area (Å²) in [5, 5.41) is 13.5. The van der Waals surface area contributed by atoms with Crippen LogP contribution in [0.25, 0.3) is 0 Å². The van der Waals surface area contributed by atoms with Crippen molar-refractivity contribution in [2.24, 2.45) is 5.73 Å². The number of ketones is 1. The van der Waals surface area contributed by atoms with Gasteiger partial charge in [0.15, 0.2) is 17.3 Å². The number of nitrogens with zero attached hydrogens (tertiary/aromatic N) is 3. The number of methoxy groups -OCH3 is 2. The number of rotatable bonds is 4. The molecule has 0 radical (unpaired) electrons. The van der Waals surface area contributed by atoms with Crippen LogP contribution in [0.5, 0.6) is 11.5 Å². The Bertz CT molecular complexity index is 880. The molecule has 3 rings (SSSR count). The number of ether oxygens (including phenoxy) is 2. The maximum absolute atomic E-state index is 13.0. The van der Waals surface area contributed by atoms with Crippen molar-refractivity contribution in [3.8, 4) is 17.6 Å². The smallest absolute Gasteiger partial charge is 0.164 e. The van der Waals surface area contributed by atoms with Gasteiger partial charge >= 0.3 is 0 Å². The first kappa shape index (κ1) is 18.8. The van der Waals surface area contributed by atoms with Crippen LogP contribution in [0.4, 0.5) is 0 Å². The van der Waals surface area contributed by atoms with Crippen LogP contribution in [-0.4, -0.2) is 44.1 Å². The Balaban J connectivity index is 2.32. The van der Waals surface area contributed by atoms with Gasteiger partial charge in [0, 0.05) is 37.3 Å². The number of nitriles is 1. The lowest BCUT2D eigenvalue weighted by Crippen LogP contribution is -2.45. The highest BCUT2D eigenvalue weighted by molar-refractivity contribution is 6.00. The molecule has 0 fully saturated rings. The Morgan fingerprint density at radius 1 is 1.26 bits per heavy atom. The van der Waals surface area contributed by atoms with Crippen molar-refractivity contribution >= 4 is 5.78 Å².